The van der Waals surface area contributed by atoms with Gasteiger partial charge in [0.25, 0.3) is 5.91 Å². The number of amides is 1. The molecule has 2 rings (SSSR count). The molecule has 0 atom stereocenters. The van der Waals surface area contributed by atoms with Gasteiger partial charge in [0.1, 0.15) is 5.82 Å². The fraction of sp³-hybridized carbons (Fsp3) is 0.533. The molecule has 1 fully saturated rings. The monoisotopic (exact) mass is 279 g/mol. The van der Waals surface area contributed by atoms with E-state index in [-0.39, 0.29) is 17.5 Å². The first-order valence-electron chi connectivity index (χ1n) is 7.07. The number of nitrogen functional groups attached to an aromatic ring is 1. The Kier molecular flexibility index (Phi) is 4.60. The summed E-state index contributed by atoms with van der Waals surface area (Å²) in [5, 5.41) is 2.91. The molecule has 0 aromatic heterocycles. The van der Waals surface area contributed by atoms with E-state index >= 15 is 0 Å². The van der Waals surface area contributed by atoms with Crippen LogP contribution in [0, 0.1) is 5.82 Å². The summed E-state index contributed by atoms with van der Waals surface area (Å²) in [5.41, 5.74) is 5.86. The third-order valence-corrected chi connectivity index (χ3v) is 3.83. The smallest absolute Gasteiger partial charge is 0.254 e. The number of nitrogens with one attached hydrogen (secondary N) is 1. The predicted molar refractivity (Wildman–Crippen MR) is 78.0 cm³/mol. The second-order valence-corrected chi connectivity index (χ2v) is 5.62. The van der Waals surface area contributed by atoms with Crippen molar-refractivity contribution >= 4 is 11.6 Å². The minimum atomic E-state index is -0.567. The number of benzene rings is 1. The molecule has 1 aromatic rings. The molecule has 20 heavy (non-hydrogen) atoms. The van der Waals surface area contributed by atoms with E-state index in [4.69, 9.17) is 5.73 Å². The van der Waals surface area contributed by atoms with Crippen LogP contribution in [0.15, 0.2) is 18.2 Å². The van der Waals surface area contributed by atoms with E-state index in [1.807, 2.05) is 0 Å². The number of halogens is 1. The zero-order chi connectivity index (χ0) is 14.7. The quantitative estimate of drug-likeness (QED) is 0.832. The van der Waals surface area contributed by atoms with Crippen molar-refractivity contribution in [3.63, 3.8) is 0 Å². The lowest BCUT2D eigenvalue weighted by molar-refractivity contribution is 0.0896. The van der Waals surface area contributed by atoms with Crippen molar-refractivity contribution in [1.82, 2.24) is 10.2 Å². The number of carbonyl (C=O) groups is 1. The van der Waals surface area contributed by atoms with Crippen LogP contribution in [-0.4, -0.2) is 36.0 Å². The third-order valence-electron chi connectivity index (χ3n) is 3.83. The van der Waals surface area contributed by atoms with Gasteiger partial charge < -0.3 is 16.0 Å². The topological polar surface area (TPSA) is 58.4 Å². The van der Waals surface area contributed by atoms with E-state index in [0.717, 1.165) is 25.9 Å². The lowest BCUT2D eigenvalue weighted by atomic mass is 10.0. The molecule has 1 heterocycles. The number of anilines is 1. The fourth-order valence-corrected chi connectivity index (χ4v) is 2.54. The maximum absolute atomic E-state index is 13.7. The lowest BCUT2D eigenvalue weighted by Crippen LogP contribution is -2.46. The van der Waals surface area contributed by atoms with Gasteiger partial charge in [-0.1, -0.05) is 0 Å². The largest absolute Gasteiger partial charge is 0.399 e. The van der Waals surface area contributed by atoms with Gasteiger partial charge in [0.15, 0.2) is 0 Å². The minimum Gasteiger partial charge on any atom is -0.399 e. The van der Waals surface area contributed by atoms with Crippen molar-refractivity contribution in [2.45, 2.75) is 38.8 Å². The van der Waals surface area contributed by atoms with Crippen molar-refractivity contribution in [3.8, 4) is 0 Å². The molecule has 1 amide bonds. The Balaban J connectivity index is 1.92. The number of hydrogen-bond acceptors (Lipinski definition) is 3. The van der Waals surface area contributed by atoms with Crippen molar-refractivity contribution in [3.05, 3.63) is 29.6 Å². The van der Waals surface area contributed by atoms with Crippen molar-refractivity contribution in [1.29, 1.82) is 0 Å². The summed E-state index contributed by atoms with van der Waals surface area (Å²) < 4.78 is 13.7. The van der Waals surface area contributed by atoms with Gasteiger partial charge in [-0.3, -0.25) is 4.79 Å². The molecule has 3 N–H and O–H groups in total. The minimum absolute atomic E-state index is 0.0606. The first-order valence-corrected chi connectivity index (χ1v) is 7.07. The number of nitrogens with two attached hydrogens (primary N) is 1. The highest BCUT2D eigenvalue weighted by molar-refractivity contribution is 5.95. The Bertz CT molecular complexity index is 482. The molecule has 0 unspecified atom stereocenters. The van der Waals surface area contributed by atoms with E-state index < -0.39 is 5.82 Å². The predicted octanol–water partition coefficient (Wildman–Crippen LogP) is 2.01. The van der Waals surface area contributed by atoms with Gasteiger partial charge in [-0.2, -0.15) is 0 Å². The Hall–Kier alpha value is -1.62. The highest BCUT2D eigenvalue weighted by atomic mass is 19.1. The van der Waals surface area contributed by atoms with E-state index in [1.165, 1.54) is 12.1 Å². The second kappa shape index (κ2) is 6.22. The summed E-state index contributed by atoms with van der Waals surface area (Å²) in [7, 11) is 0. The first-order chi connectivity index (χ1) is 9.47. The van der Waals surface area contributed by atoms with Crippen LogP contribution in [-0.2, 0) is 0 Å². The number of hydrogen-bond donors (Lipinski definition) is 2. The number of rotatable bonds is 3. The summed E-state index contributed by atoms with van der Waals surface area (Å²) in [6.45, 7) is 6.27. The molecule has 110 valence electrons. The molecule has 1 aliphatic rings. The molecule has 1 aliphatic heterocycles. The van der Waals surface area contributed by atoms with E-state index in [9.17, 15) is 9.18 Å². The van der Waals surface area contributed by atoms with E-state index in [1.54, 1.807) is 6.07 Å². The summed E-state index contributed by atoms with van der Waals surface area (Å²) >= 11 is 0. The molecule has 1 saturated heterocycles. The average Bonchev–Trinajstić information content (AvgIpc) is 2.39. The van der Waals surface area contributed by atoms with E-state index in [2.05, 4.69) is 24.1 Å². The Morgan fingerprint density at radius 3 is 2.60 bits per heavy atom. The Morgan fingerprint density at radius 2 is 2.05 bits per heavy atom. The number of piperidine rings is 1. The van der Waals surface area contributed by atoms with Crippen molar-refractivity contribution in [2.24, 2.45) is 0 Å². The van der Waals surface area contributed by atoms with Crippen LogP contribution < -0.4 is 11.1 Å². The van der Waals surface area contributed by atoms with Gasteiger partial charge in [-0.25, -0.2) is 4.39 Å². The lowest BCUT2D eigenvalue weighted by Gasteiger charge is -2.34. The molecule has 0 bridgehead atoms. The first kappa shape index (κ1) is 14.8. The average molecular weight is 279 g/mol. The van der Waals surface area contributed by atoms with Crippen LogP contribution >= 0.6 is 0 Å². The highest BCUT2D eigenvalue weighted by Crippen LogP contribution is 2.15. The molecule has 0 saturated carbocycles. The molecule has 1 aromatic carbocycles. The van der Waals surface area contributed by atoms with Crippen LogP contribution in [0.3, 0.4) is 0 Å². The Labute approximate surface area is 119 Å². The third kappa shape index (κ3) is 3.48. The number of carbonyl (C=O) groups excluding carboxylic acids is 1. The molecule has 5 heteroatoms. The van der Waals surface area contributed by atoms with Crippen LogP contribution in [0.2, 0.25) is 0 Å². The second-order valence-electron chi connectivity index (χ2n) is 5.62. The maximum Gasteiger partial charge on any atom is 0.254 e. The van der Waals surface area contributed by atoms with Crippen molar-refractivity contribution < 1.29 is 9.18 Å². The van der Waals surface area contributed by atoms with Crippen LogP contribution in [0.25, 0.3) is 0 Å². The van der Waals surface area contributed by atoms with Crippen LogP contribution in [0.5, 0.6) is 0 Å². The highest BCUT2D eigenvalue weighted by Gasteiger charge is 2.23. The normalized spacial score (nSPS) is 17.4. The van der Waals surface area contributed by atoms with Crippen molar-refractivity contribution in [2.75, 3.05) is 18.8 Å². The van der Waals surface area contributed by atoms with Crippen LogP contribution in [0.4, 0.5) is 10.1 Å². The maximum atomic E-state index is 13.7. The summed E-state index contributed by atoms with van der Waals surface area (Å²) in [4.78, 5) is 14.4. The Morgan fingerprint density at radius 1 is 1.40 bits per heavy atom. The number of nitrogens with zero attached hydrogens (tertiary/aromatic N) is 1. The van der Waals surface area contributed by atoms with Gasteiger partial charge in [-0.05, 0) is 44.9 Å². The summed E-state index contributed by atoms with van der Waals surface area (Å²) in [6, 6.07) is 4.80. The van der Waals surface area contributed by atoms with Gasteiger partial charge in [0, 0.05) is 30.9 Å². The van der Waals surface area contributed by atoms with Crippen LogP contribution in [0.1, 0.15) is 37.0 Å². The zero-order valence-corrected chi connectivity index (χ0v) is 12.0. The summed E-state index contributed by atoms with van der Waals surface area (Å²) in [5.74, 6) is -0.924. The zero-order valence-electron chi connectivity index (χ0n) is 12.0. The van der Waals surface area contributed by atoms with Gasteiger partial charge >= 0.3 is 0 Å². The summed E-state index contributed by atoms with van der Waals surface area (Å²) in [6.07, 6.45) is 1.81. The molecule has 0 spiro atoms. The fourth-order valence-electron chi connectivity index (χ4n) is 2.54. The standard InChI is InChI=1S/C15H22FN3O/c1-10(2)19-7-5-12(6-8-19)18-15(20)13-4-3-11(17)9-14(13)16/h3-4,9-10,12H,5-8,17H2,1-2H3,(H,18,20). The molecule has 0 aliphatic carbocycles. The van der Waals surface area contributed by atoms with Gasteiger partial charge in [-0.15, -0.1) is 0 Å². The molecular formula is C15H22FN3O. The van der Waals surface area contributed by atoms with Gasteiger partial charge in [0.05, 0.1) is 5.56 Å². The molecule has 4 nitrogen and oxygen atoms in total. The SMILES string of the molecule is CC(C)N1CCC(NC(=O)c2ccc(N)cc2F)CC1. The van der Waals surface area contributed by atoms with E-state index in [0.29, 0.717) is 11.7 Å². The molecular weight excluding hydrogens is 257 g/mol. The molecule has 0 radical (unpaired) electrons. The number of likely N-dealkylation sites (tertiary alicyclic amines) is 1. The van der Waals surface area contributed by atoms with Gasteiger partial charge in [0.2, 0.25) is 0 Å².